The highest BCUT2D eigenvalue weighted by atomic mass is 35.5. The fourth-order valence-electron chi connectivity index (χ4n) is 0.351. The van der Waals surface area contributed by atoms with E-state index >= 15 is 0 Å². The van der Waals surface area contributed by atoms with Gasteiger partial charge >= 0.3 is 0 Å². The van der Waals surface area contributed by atoms with Crippen molar-refractivity contribution in [3.63, 3.8) is 0 Å². The van der Waals surface area contributed by atoms with Gasteiger partial charge in [0.25, 0.3) is 0 Å². The summed E-state index contributed by atoms with van der Waals surface area (Å²) in [7, 11) is 3.17. The van der Waals surface area contributed by atoms with Crippen LogP contribution in [-0.4, -0.2) is 41.1 Å². The number of alkyl halides is 2. The molecule has 0 aromatic carbocycles. The Morgan fingerprint density at radius 2 is 1.50 bits per heavy atom. The molecule has 0 unspecified atom stereocenters. The van der Waals surface area contributed by atoms with E-state index in [4.69, 9.17) is 32.7 Å². The average molecular weight is 200 g/mol. The Bertz CT molecular complexity index is 66.7. The third-order valence-electron chi connectivity index (χ3n) is 0.693. The van der Waals surface area contributed by atoms with Crippen molar-refractivity contribution in [2.45, 2.75) is 5.91 Å². The van der Waals surface area contributed by atoms with Gasteiger partial charge in [0.05, 0.1) is 13.2 Å². The molecule has 0 spiro atoms. The van der Waals surface area contributed by atoms with E-state index in [1.807, 2.05) is 0 Å². The van der Waals surface area contributed by atoms with Crippen LogP contribution in [0, 0.1) is 0 Å². The molecule has 0 aromatic rings. The second-order valence-electron chi connectivity index (χ2n) is 1.45. The van der Waals surface area contributed by atoms with Gasteiger partial charge in [0.1, 0.15) is 16.2 Å². The molecule has 0 aliphatic carbocycles. The molecule has 0 saturated carbocycles. The zero-order valence-corrected chi connectivity index (χ0v) is 7.99. The fourth-order valence-corrected chi connectivity index (χ4v) is 0.765. The van der Waals surface area contributed by atoms with Gasteiger partial charge in [-0.2, -0.15) is 0 Å². The average Bonchev–Trinajstić information content (AvgIpc) is 1.97. The van der Waals surface area contributed by atoms with Crippen LogP contribution in [0.2, 0.25) is 0 Å². The van der Waals surface area contributed by atoms with Crippen LogP contribution in [0.25, 0.3) is 0 Å². The van der Waals surface area contributed by atoms with Gasteiger partial charge in [0.2, 0.25) is 0 Å². The highest BCUT2D eigenvalue weighted by Gasteiger charge is 1.99. The molecule has 10 heavy (non-hydrogen) atoms. The largest absolute Gasteiger partial charge is 0.356 e. The van der Waals surface area contributed by atoms with Gasteiger partial charge in [-0.3, -0.25) is 0 Å². The monoisotopic (exact) mass is 199 g/mol. The maximum absolute atomic E-state index is 5.35. The SMILES string of the molecule is [Si]C(OCCCl)OCCCl. The number of hydrogen-bond donors (Lipinski definition) is 0. The minimum Gasteiger partial charge on any atom is -0.356 e. The van der Waals surface area contributed by atoms with Crippen LogP contribution < -0.4 is 0 Å². The maximum Gasteiger partial charge on any atom is 0.134 e. The molecule has 2 nitrogen and oxygen atoms in total. The number of ether oxygens (including phenoxy) is 2. The van der Waals surface area contributed by atoms with E-state index < -0.39 is 5.91 Å². The molecular weight excluding hydrogens is 191 g/mol. The van der Waals surface area contributed by atoms with Crippen molar-refractivity contribution in [3.8, 4) is 0 Å². The molecule has 3 radical (unpaired) electrons. The Kier molecular flexibility index (Phi) is 8.38. The summed E-state index contributed by atoms with van der Waals surface area (Å²) in [5, 5.41) is 0. The minimum atomic E-state index is -0.391. The quantitative estimate of drug-likeness (QED) is 0.361. The summed E-state index contributed by atoms with van der Waals surface area (Å²) in [4.78, 5) is 0. The molecule has 0 aliphatic rings. The fraction of sp³-hybridized carbons (Fsp3) is 1.00. The zero-order chi connectivity index (χ0) is 7.82. The van der Waals surface area contributed by atoms with Gasteiger partial charge < -0.3 is 9.47 Å². The minimum absolute atomic E-state index is 0.391. The molecule has 0 rings (SSSR count). The smallest absolute Gasteiger partial charge is 0.134 e. The number of rotatable bonds is 6. The van der Waals surface area contributed by atoms with E-state index in [1.165, 1.54) is 0 Å². The topological polar surface area (TPSA) is 18.5 Å². The lowest BCUT2D eigenvalue weighted by molar-refractivity contribution is -0.0788. The molecular formula is C5H9Cl2O2Si. The Labute approximate surface area is 74.2 Å². The molecule has 0 atom stereocenters. The third-order valence-corrected chi connectivity index (χ3v) is 1.33. The van der Waals surface area contributed by atoms with Gasteiger partial charge in [0, 0.05) is 11.8 Å². The molecule has 0 aliphatic heterocycles. The van der Waals surface area contributed by atoms with Crippen molar-refractivity contribution in [1.29, 1.82) is 0 Å². The van der Waals surface area contributed by atoms with E-state index in [9.17, 15) is 0 Å². The highest BCUT2D eigenvalue weighted by molar-refractivity contribution is 6.18. The standard InChI is InChI=1S/C5H9Cl2O2Si/c6-1-3-8-5(10)9-4-2-7/h5H,1-4H2. The van der Waals surface area contributed by atoms with Crippen LogP contribution >= 0.6 is 23.2 Å². The first-order valence-corrected chi connectivity index (χ1v) is 4.52. The van der Waals surface area contributed by atoms with Crippen LogP contribution in [0.15, 0.2) is 0 Å². The molecule has 5 heteroatoms. The van der Waals surface area contributed by atoms with E-state index in [0.29, 0.717) is 25.0 Å². The second kappa shape index (κ2) is 7.82. The summed E-state index contributed by atoms with van der Waals surface area (Å²) < 4.78 is 9.99. The molecule has 0 aromatic heterocycles. The summed E-state index contributed by atoms with van der Waals surface area (Å²) in [6.45, 7) is 0.940. The molecule has 0 saturated heterocycles. The first-order chi connectivity index (χ1) is 4.81. The van der Waals surface area contributed by atoms with Crippen molar-refractivity contribution >= 4 is 33.4 Å². The number of halogens is 2. The van der Waals surface area contributed by atoms with Crippen LogP contribution in [-0.2, 0) is 9.47 Å². The van der Waals surface area contributed by atoms with E-state index in [2.05, 4.69) is 10.2 Å². The number of hydrogen-bond acceptors (Lipinski definition) is 2. The molecule has 0 N–H and O–H groups in total. The van der Waals surface area contributed by atoms with Gasteiger partial charge in [-0.05, 0) is 0 Å². The Balaban J connectivity index is 3.00. The molecule has 0 heterocycles. The van der Waals surface area contributed by atoms with Crippen molar-refractivity contribution in [3.05, 3.63) is 0 Å². The predicted molar refractivity (Wildman–Crippen MR) is 42.9 cm³/mol. The summed E-state index contributed by atoms with van der Waals surface area (Å²) in [5.74, 6) is 0.536. The Morgan fingerprint density at radius 3 is 1.80 bits per heavy atom. The van der Waals surface area contributed by atoms with E-state index in [-0.39, 0.29) is 0 Å². The van der Waals surface area contributed by atoms with Gasteiger partial charge in [-0.15, -0.1) is 23.2 Å². The van der Waals surface area contributed by atoms with Crippen LogP contribution in [0.4, 0.5) is 0 Å². The van der Waals surface area contributed by atoms with Crippen molar-refractivity contribution < 1.29 is 9.47 Å². The summed E-state index contributed by atoms with van der Waals surface area (Å²) in [6.07, 6.45) is 0. The third kappa shape index (κ3) is 6.83. The Morgan fingerprint density at radius 1 is 1.10 bits per heavy atom. The summed E-state index contributed by atoms with van der Waals surface area (Å²) >= 11 is 10.7. The summed E-state index contributed by atoms with van der Waals surface area (Å²) in [5.41, 5.74) is 0. The normalized spacial score (nSPS) is 10.8. The van der Waals surface area contributed by atoms with E-state index in [1.54, 1.807) is 0 Å². The van der Waals surface area contributed by atoms with Crippen molar-refractivity contribution in [1.82, 2.24) is 0 Å². The van der Waals surface area contributed by atoms with Gasteiger partial charge in [0.15, 0.2) is 0 Å². The highest BCUT2D eigenvalue weighted by Crippen LogP contribution is 1.90. The lowest BCUT2D eigenvalue weighted by Crippen LogP contribution is -2.19. The van der Waals surface area contributed by atoms with Crippen LogP contribution in [0.3, 0.4) is 0 Å². The Hall–Kier alpha value is 0.717. The van der Waals surface area contributed by atoms with Crippen molar-refractivity contribution in [2.75, 3.05) is 25.0 Å². The molecule has 0 bridgehead atoms. The van der Waals surface area contributed by atoms with E-state index in [0.717, 1.165) is 0 Å². The first kappa shape index (κ1) is 10.7. The first-order valence-electron chi connectivity index (χ1n) is 2.87. The van der Waals surface area contributed by atoms with Crippen LogP contribution in [0.1, 0.15) is 0 Å². The lowest BCUT2D eigenvalue weighted by Gasteiger charge is -2.11. The zero-order valence-electron chi connectivity index (χ0n) is 5.48. The predicted octanol–water partition coefficient (Wildman–Crippen LogP) is 0.949. The molecule has 0 amide bonds. The lowest BCUT2D eigenvalue weighted by atomic mass is 10.8. The van der Waals surface area contributed by atoms with Crippen molar-refractivity contribution in [2.24, 2.45) is 0 Å². The van der Waals surface area contributed by atoms with Crippen LogP contribution in [0.5, 0.6) is 0 Å². The van der Waals surface area contributed by atoms with Gasteiger partial charge in [-0.25, -0.2) is 0 Å². The van der Waals surface area contributed by atoms with Gasteiger partial charge in [-0.1, -0.05) is 0 Å². The molecule has 59 valence electrons. The summed E-state index contributed by atoms with van der Waals surface area (Å²) in [6, 6.07) is 0. The maximum atomic E-state index is 5.35. The molecule has 0 fully saturated rings. The second-order valence-corrected chi connectivity index (χ2v) is 2.68.